The van der Waals surface area contributed by atoms with Crippen LogP contribution in [0.1, 0.15) is 49.8 Å². The fourth-order valence-electron chi connectivity index (χ4n) is 2.19. The first-order valence-corrected chi connectivity index (χ1v) is 7.50. The fourth-order valence-corrected chi connectivity index (χ4v) is 2.19. The average molecular weight is 271 g/mol. The molecule has 0 bridgehead atoms. The van der Waals surface area contributed by atoms with Crippen molar-refractivity contribution in [2.75, 3.05) is 6.54 Å². The molecular weight excluding hydrogens is 246 g/mol. The first kappa shape index (κ1) is 14.8. The highest BCUT2D eigenvalue weighted by molar-refractivity contribution is 5.24. The van der Waals surface area contributed by atoms with Crippen LogP contribution in [0, 0.1) is 0 Å². The van der Waals surface area contributed by atoms with Gasteiger partial charge in [0.25, 0.3) is 0 Å². The highest BCUT2D eigenvalue weighted by Crippen LogP contribution is 2.15. The molecule has 0 saturated carbocycles. The number of benzene rings is 1. The van der Waals surface area contributed by atoms with Crippen molar-refractivity contribution in [3.8, 4) is 0 Å². The molecule has 20 heavy (non-hydrogen) atoms. The second kappa shape index (κ2) is 7.25. The maximum absolute atomic E-state index is 4.42. The van der Waals surface area contributed by atoms with Gasteiger partial charge in [-0.1, -0.05) is 45.0 Å². The number of rotatable bonds is 7. The normalized spacial score (nSPS) is 11.2. The predicted octanol–water partition coefficient (Wildman–Crippen LogP) is 3.55. The lowest BCUT2D eigenvalue weighted by molar-refractivity contribution is 0.668. The van der Waals surface area contributed by atoms with Crippen molar-refractivity contribution in [3.05, 3.63) is 53.3 Å². The van der Waals surface area contributed by atoms with Crippen LogP contribution in [0.4, 0.5) is 0 Å². The quantitative estimate of drug-likeness (QED) is 0.780. The minimum Gasteiger partial charge on any atom is -0.313 e. The van der Waals surface area contributed by atoms with E-state index in [0.717, 1.165) is 26.1 Å². The van der Waals surface area contributed by atoms with Crippen molar-refractivity contribution in [1.82, 2.24) is 15.1 Å². The molecule has 3 nitrogen and oxygen atoms in total. The molecule has 0 atom stereocenters. The molecular formula is C17H25N3. The maximum atomic E-state index is 4.42. The predicted molar refractivity (Wildman–Crippen MR) is 83.9 cm³/mol. The third-order valence-electron chi connectivity index (χ3n) is 3.43. The molecule has 2 aromatic rings. The topological polar surface area (TPSA) is 29.9 Å². The van der Waals surface area contributed by atoms with Gasteiger partial charge < -0.3 is 5.32 Å². The maximum Gasteiger partial charge on any atom is 0.0659 e. The highest BCUT2D eigenvalue weighted by atomic mass is 15.3. The van der Waals surface area contributed by atoms with Gasteiger partial charge in [-0.15, -0.1) is 0 Å². The summed E-state index contributed by atoms with van der Waals surface area (Å²) in [6, 6.07) is 8.83. The van der Waals surface area contributed by atoms with Gasteiger partial charge in [0.05, 0.1) is 12.7 Å². The number of nitrogens with one attached hydrogen (secondary N) is 1. The highest BCUT2D eigenvalue weighted by Gasteiger charge is 2.02. The zero-order chi connectivity index (χ0) is 14.4. The molecule has 0 amide bonds. The van der Waals surface area contributed by atoms with E-state index < -0.39 is 0 Å². The summed E-state index contributed by atoms with van der Waals surface area (Å²) in [5.41, 5.74) is 3.93. The Balaban J connectivity index is 1.92. The Morgan fingerprint density at radius 3 is 2.55 bits per heavy atom. The van der Waals surface area contributed by atoms with E-state index in [-0.39, 0.29) is 0 Å². The molecule has 1 aromatic carbocycles. The van der Waals surface area contributed by atoms with E-state index in [1.165, 1.54) is 16.7 Å². The Bertz CT molecular complexity index is 511. The van der Waals surface area contributed by atoms with E-state index >= 15 is 0 Å². The molecule has 1 heterocycles. The minimum absolute atomic E-state index is 0.588. The molecule has 0 aliphatic carbocycles. The van der Waals surface area contributed by atoms with Crippen LogP contribution in [0.25, 0.3) is 0 Å². The molecule has 1 N–H and O–H groups in total. The largest absolute Gasteiger partial charge is 0.313 e. The van der Waals surface area contributed by atoms with Crippen LogP contribution in [-0.4, -0.2) is 16.3 Å². The summed E-state index contributed by atoms with van der Waals surface area (Å²) in [7, 11) is 0. The number of hydrogen-bond donors (Lipinski definition) is 1. The molecule has 1 aromatic heterocycles. The Morgan fingerprint density at radius 1 is 1.15 bits per heavy atom. The Labute approximate surface area is 122 Å². The Hall–Kier alpha value is -1.61. The number of hydrogen-bond acceptors (Lipinski definition) is 2. The lowest BCUT2D eigenvalue weighted by Gasteiger charge is -2.07. The number of aromatic nitrogens is 2. The molecule has 0 aliphatic rings. The standard InChI is InChI=1S/C17H25N3/c1-4-9-18-10-16-11-19-20(13-16)12-15-5-7-17(8-6-15)14(2)3/h5-8,11,13-14,18H,4,9-10,12H2,1-3H3. The van der Waals surface area contributed by atoms with E-state index in [4.69, 9.17) is 0 Å². The van der Waals surface area contributed by atoms with Crippen molar-refractivity contribution in [2.24, 2.45) is 0 Å². The average Bonchev–Trinajstić information content (AvgIpc) is 2.87. The number of nitrogens with zero attached hydrogens (tertiary/aromatic N) is 2. The van der Waals surface area contributed by atoms with E-state index in [9.17, 15) is 0 Å². The molecule has 0 aliphatic heterocycles. The lowest BCUT2D eigenvalue weighted by atomic mass is 10.0. The smallest absolute Gasteiger partial charge is 0.0659 e. The van der Waals surface area contributed by atoms with E-state index in [0.29, 0.717) is 5.92 Å². The minimum atomic E-state index is 0.588. The SMILES string of the molecule is CCCNCc1cnn(Cc2ccc(C(C)C)cc2)c1. The summed E-state index contributed by atoms with van der Waals surface area (Å²) in [6.07, 6.45) is 5.24. The van der Waals surface area contributed by atoms with Crippen LogP contribution in [0.2, 0.25) is 0 Å². The van der Waals surface area contributed by atoms with Gasteiger partial charge in [-0.25, -0.2) is 0 Å². The van der Waals surface area contributed by atoms with Gasteiger partial charge in [0.2, 0.25) is 0 Å². The van der Waals surface area contributed by atoms with Crippen LogP contribution in [-0.2, 0) is 13.1 Å². The fraction of sp³-hybridized carbons (Fsp3) is 0.471. The summed E-state index contributed by atoms with van der Waals surface area (Å²) in [6.45, 7) is 9.42. The summed E-state index contributed by atoms with van der Waals surface area (Å²) < 4.78 is 2.01. The van der Waals surface area contributed by atoms with Crippen LogP contribution < -0.4 is 5.32 Å². The van der Waals surface area contributed by atoms with Crippen molar-refractivity contribution >= 4 is 0 Å². The molecule has 0 radical (unpaired) electrons. The van der Waals surface area contributed by atoms with Crippen molar-refractivity contribution in [2.45, 2.75) is 46.2 Å². The van der Waals surface area contributed by atoms with E-state index in [2.05, 4.69) is 61.6 Å². The van der Waals surface area contributed by atoms with Gasteiger partial charge in [-0.05, 0) is 30.0 Å². The second-order valence-electron chi connectivity index (χ2n) is 5.62. The Kier molecular flexibility index (Phi) is 5.36. The lowest BCUT2D eigenvalue weighted by Crippen LogP contribution is -2.13. The zero-order valence-electron chi connectivity index (χ0n) is 12.8. The molecule has 108 valence electrons. The van der Waals surface area contributed by atoms with Crippen molar-refractivity contribution in [3.63, 3.8) is 0 Å². The first-order chi connectivity index (χ1) is 9.69. The zero-order valence-corrected chi connectivity index (χ0v) is 12.8. The van der Waals surface area contributed by atoms with E-state index in [1.807, 2.05) is 10.9 Å². The molecule has 3 heteroatoms. The van der Waals surface area contributed by atoms with Crippen LogP contribution >= 0.6 is 0 Å². The van der Waals surface area contributed by atoms with Gasteiger partial charge in [-0.3, -0.25) is 4.68 Å². The monoisotopic (exact) mass is 271 g/mol. The molecule has 0 saturated heterocycles. The van der Waals surface area contributed by atoms with Gasteiger partial charge in [-0.2, -0.15) is 5.10 Å². The van der Waals surface area contributed by atoms with Crippen LogP contribution in [0.5, 0.6) is 0 Å². The van der Waals surface area contributed by atoms with Gasteiger partial charge in [0.15, 0.2) is 0 Å². The second-order valence-corrected chi connectivity index (χ2v) is 5.62. The first-order valence-electron chi connectivity index (χ1n) is 7.50. The molecule has 0 fully saturated rings. The molecule has 0 spiro atoms. The summed E-state index contributed by atoms with van der Waals surface area (Å²) >= 11 is 0. The van der Waals surface area contributed by atoms with Gasteiger partial charge >= 0.3 is 0 Å². The molecule has 2 rings (SSSR count). The van der Waals surface area contributed by atoms with Crippen LogP contribution in [0.3, 0.4) is 0 Å². The third-order valence-corrected chi connectivity index (χ3v) is 3.43. The van der Waals surface area contributed by atoms with E-state index in [1.54, 1.807) is 0 Å². The third kappa shape index (κ3) is 4.20. The van der Waals surface area contributed by atoms with Crippen molar-refractivity contribution < 1.29 is 0 Å². The van der Waals surface area contributed by atoms with Gasteiger partial charge in [0.1, 0.15) is 0 Å². The van der Waals surface area contributed by atoms with Crippen molar-refractivity contribution in [1.29, 1.82) is 0 Å². The summed E-state index contributed by atoms with van der Waals surface area (Å²) in [5, 5.41) is 7.82. The Morgan fingerprint density at radius 2 is 1.90 bits per heavy atom. The van der Waals surface area contributed by atoms with Crippen LogP contribution in [0.15, 0.2) is 36.7 Å². The summed E-state index contributed by atoms with van der Waals surface area (Å²) in [5.74, 6) is 0.588. The van der Waals surface area contributed by atoms with Gasteiger partial charge in [0, 0.05) is 18.3 Å². The summed E-state index contributed by atoms with van der Waals surface area (Å²) in [4.78, 5) is 0. The molecule has 0 unspecified atom stereocenters.